The molecule has 1 aliphatic rings. The van der Waals surface area contributed by atoms with Gasteiger partial charge < -0.3 is 19.7 Å². The van der Waals surface area contributed by atoms with Crippen molar-refractivity contribution in [1.82, 2.24) is 0 Å². The van der Waals surface area contributed by atoms with Crippen molar-refractivity contribution in [3.63, 3.8) is 0 Å². The highest BCUT2D eigenvalue weighted by Crippen LogP contribution is 2.29. The van der Waals surface area contributed by atoms with Gasteiger partial charge in [-0.15, -0.1) is 0 Å². The average molecular weight is 416 g/mol. The van der Waals surface area contributed by atoms with Crippen molar-refractivity contribution in [2.75, 3.05) is 23.4 Å². The molecule has 2 amide bonds. The number of ether oxygens (including phenoxy) is 2. The Balaban J connectivity index is 1.39. The van der Waals surface area contributed by atoms with Gasteiger partial charge in [0.25, 0.3) is 5.91 Å². The molecule has 0 unspecified atom stereocenters. The van der Waals surface area contributed by atoms with Crippen LogP contribution in [0.15, 0.2) is 66.7 Å². The van der Waals surface area contributed by atoms with Crippen LogP contribution in [0, 0.1) is 0 Å². The number of hydrogen-bond acceptors (Lipinski definition) is 4. The zero-order valence-electron chi connectivity index (χ0n) is 17.6. The molecule has 0 bridgehead atoms. The van der Waals surface area contributed by atoms with Crippen LogP contribution in [0.5, 0.6) is 17.2 Å². The summed E-state index contributed by atoms with van der Waals surface area (Å²) in [6.45, 7) is 4.78. The molecule has 6 heteroatoms. The summed E-state index contributed by atoms with van der Waals surface area (Å²) in [5.41, 5.74) is 3.15. The van der Waals surface area contributed by atoms with Crippen LogP contribution in [0.2, 0.25) is 0 Å². The van der Waals surface area contributed by atoms with Gasteiger partial charge in [0.1, 0.15) is 17.2 Å². The summed E-state index contributed by atoms with van der Waals surface area (Å²) in [6, 6.07) is 20.1. The third-order valence-corrected chi connectivity index (χ3v) is 5.10. The topological polar surface area (TPSA) is 67.9 Å². The van der Waals surface area contributed by atoms with E-state index in [0.29, 0.717) is 35.9 Å². The highest BCUT2D eigenvalue weighted by Gasteiger charge is 2.23. The van der Waals surface area contributed by atoms with E-state index in [-0.39, 0.29) is 11.8 Å². The number of benzene rings is 3. The number of carbonyl (C=O) groups is 2. The van der Waals surface area contributed by atoms with Gasteiger partial charge in [-0.1, -0.05) is 0 Å². The maximum atomic E-state index is 12.7. The second-order valence-corrected chi connectivity index (χ2v) is 7.25. The van der Waals surface area contributed by atoms with Crippen LogP contribution in [0.3, 0.4) is 0 Å². The first-order valence-corrected chi connectivity index (χ1v) is 10.3. The lowest BCUT2D eigenvalue weighted by atomic mass is 10.1. The molecule has 1 aliphatic heterocycles. The average Bonchev–Trinajstić information content (AvgIpc) is 3.20. The second kappa shape index (κ2) is 8.92. The molecule has 0 saturated heterocycles. The Morgan fingerprint density at radius 3 is 2.23 bits per heavy atom. The van der Waals surface area contributed by atoms with Crippen molar-refractivity contribution < 1.29 is 19.1 Å². The fourth-order valence-corrected chi connectivity index (χ4v) is 3.59. The number of rotatable bonds is 6. The number of nitrogens with one attached hydrogen (secondary N) is 1. The minimum Gasteiger partial charge on any atom is -0.494 e. The van der Waals surface area contributed by atoms with Gasteiger partial charge in [-0.25, -0.2) is 0 Å². The first-order chi connectivity index (χ1) is 15.0. The molecule has 3 aromatic rings. The van der Waals surface area contributed by atoms with E-state index >= 15 is 0 Å². The van der Waals surface area contributed by atoms with Crippen molar-refractivity contribution in [2.45, 2.75) is 20.3 Å². The summed E-state index contributed by atoms with van der Waals surface area (Å²) in [4.78, 5) is 26.1. The Labute approximate surface area is 181 Å². The zero-order chi connectivity index (χ0) is 21.8. The van der Waals surface area contributed by atoms with Gasteiger partial charge >= 0.3 is 0 Å². The van der Waals surface area contributed by atoms with Crippen molar-refractivity contribution in [3.05, 3.63) is 77.9 Å². The second-order valence-electron chi connectivity index (χ2n) is 7.25. The molecule has 31 heavy (non-hydrogen) atoms. The third kappa shape index (κ3) is 4.69. The monoisotopic (exact) mass is 416 g/mol. The SMILES string of the molecule is CCOc1ccc(Oc2ccc(NC(=O)c3ccc4c(c3)CCN4C(C)=O)cc2)cc1. The number of nitrogens with zero attached hydrogens (tertiary/aromatic N) is 1. The van der Waals surface area contributed by atoms with E-state index in [1.807, 2.05) is 43.3 Å². The predicted octanol–water partition coefficient (Wildman–Crippen LogP) is 5.04. The van der Waals surface area contributed by atoms with Crippen LogP contribution in [0.4, 0.5) is 11.4 Å². The molecule has 0 radical (unpaired) electrons. The number of carbonyl (C=O) groups excluding carboxylic acids is 2. The first kappa shape index (κ1) is 20.5. The van der Waals surface area contributed by atoms with E-state index in [2.05, 4.69) is 5.32 Å². The Bertz CT molecular complexity index is 1090. The molecule has 0 saturated carbocycles. The molecular formula is C25H24N2O4. The van der Waals surface area contributed by atoms with Crippen molar-refractivity contribution >= 4 is 23.2 Å². The molecule has 4 rings (SSSR count). The quantitative estimate of drug-likeness (QED) is 0.611. The fraction of sp³-hybridized carbons (Fsp3) is 0.200. The maximum absolute atomic E-state index is 12.7. The zero-order valence-corrected chi connectivity index (χ0v) is 17.6. The summed E-state index contributed by atoms with van der Waals surface area (Å²) < 4.78 is 11.3. The lowest BCUT2D eigenvalue weighted by Crippen LogP contribution is -2.25. The number of anilines is 2. The van der Waals surface area contributed by atoms with Gasteiger partial charge in [-0.05, 0) is 85.6 Å². The molecule has 6 nitrogen and oxygen atoms in total. The first-order valence-electron chi connectivity index (χ1n) is 10.3. The highest BCUT2D eigenvalue weighted by molar-refractivity contribution is 6.05. The summed E-state index contributed by atoms with van der Waals surface area (Å²) >= 11 is 0. The molecular weight excluding hydrogens is 392 g/mol. The summed E-state index contributed by atoms with van der Waals surface area (Å²) in [5.74, 6) is 2.00. The van der Waals surface area contributed by atoms with Crippen LogP contribution in [-0.4, -0.2) is 25.0 Å². The van der Waals surface area contributed by atoms with Crippen molar-refractivity contribution in [3.8, 4) is 17.2 Å². The Morgan fingerprint density at radius 1 is 0.935 bits per heavy atom. The minimum atomic E-state index is -0.191. The Morgan fingerprint density at radius 2 is 1.58 bits per heavy atom. The fourth-order valence-electron chi connectivity index (χ4n) is 3.59. The standard InChI is InChI=1S/C25H24N2O4/c1-3-30-21-9-11-23(12-10-21)31-22-7-5-20(6-8-22)26-25(29)19-4-13-24-18(16-19)14-15-27(24)17(2)28/h4-13,16H,3,14-15H2,1-2H3,(H,26,29). The number of hydrogen-bond donors (Lipinski definition) is 1. The molecule has 0 aromatic heterocycles. The molecule has 1 heterocycles. The predicted molar refractivity (Wildman–Crippen MR) is 120 cm³/mol. The molecule has 0 spiro atoms. The third-order valence-electron chi connectivity index (χ3n) is 5.10. The van der Waals surface area contributed by atoms with E-state index in [1.54, 1.807) is 42.2 Å². The van der Waals surface area contributed by atoms with Crippen LogP contribution in [-0.2, 0) is 11.2 Å². The van der Waals surface area contributed by atoms with Gasteiger partial charge in [0, 0.05) is 30.4 Å². The molecule has 158 valence electrons. The van der Waals surface area contributed by atoms with Gasteiger partial charge in [0.05, 0.1) is 6.61 Å². The van der Waals surface area contributed by atoms with E-state index < -0.39 is 0 Å². The van der Waals surface area contributed by atoms with Gasteiger partial charge in [0.15, 0.2) is 0 Å². The smallest absolute Gasteiger partial charge is 0.255 e. The Kier molecular flexibility index (Phi) is 5.89. The Hall–Kier alpha value is -3.80. The number of fused-ring (bicyclic) bond motifs is 1. The molecule has 0 atom stereocenters. The normalized spacial score (nSPS) is 12.3. The van der Waals surface area contributed by atoms with Crippen LogP contribution < -0.4 is 19.7 Å². The lowest BCUT2D eigenvalue weighted by Gasteiger charge is -2.15. The van der Waals surface area contributed by atoms with Gasteiger partial charge in [-0.2, -0.15) is 0 Å². The van der Waals surface area contributed by atoms with Crippen LogP contribution in [0.1, 0.15) is 29.8 Å². The summed E-state index contributed by atoms with van der Waals surface area (Å²) in [5, 5.41) is 2.90. The lowest BCUT2D eigenvalue weighted by molar-refractivity contribution is -0.116. The van der Waals surface area contributed by atoms with E-state index in [9.17, 15) is 9.59 Å². The van der Waals surface area contributed by atoms with Gasteiger partial charge in [0.2, 0.25) is 5.91 Å². The highest BCUT2D eigenvalue weighted by atomic mass is 16.5. The summed E-state index contributed by atoms with van der Waals surface area (Å²) in [6.07, 6.45) is 0.758. The maximum Gasteiger partial charge on any atom is 0.255 e. The molecule has 0 aliphatic carbocycles. The molecule has 3 aromatic carbocycles. The van der Waals surface area contributed by atoms with Crippen molar-refractivity contribution in [1.29, 1.82) is 0 Å². The minimum absolute atomic E-state index is 0.0171. The number of amides is 2. The van der Waals surface area contributed by atoms with E-state index in [4.69, 9.17) is 9.47 Å². The van der Waals surface area contributed by atoms with Gasteiger partial charge in [-0.3, -0.25) is 9.59 Å². The summed E-state index contributed by atoms with van der Waals surface area (Å²) in [7, 11) is 0. The molecule has 1 N–H and O–H groups in total. The largest absolute Gasteiger partial charge is 0.494 e. The van der Waals surface area contributed by atoms with Crippen LogP contribution in [0.25, 0.3) is 0 Å². The van der Waals surface area contributed by atoms with E-state index in [0.717, 1.165) is 23.4 Å². The van der Waals surface area contributed by atoms with E-state index in [1.165, 1.54) is 0 Å². The molecule has 0 fully saturated rings. The van der Waals surface area contributed by atoms with Crippen molar-refractivity contribution in [2.24, 2.45) is 0 Å². The van der Waals surface area contributed by atoms with Crippen LogP contribution >= 0.6 is 0 Å².